The maximum atomic E-state index is 5.19. The van der Waals surface area contributed by atoms with Crippen LogP contribution >= 0.6 is 0 Å². The Morgan fingerprint density at radius 3 is 1.84 bits per heavy atom. The molecule has 0 aliphatic carbocycles. The van der Waals surface area contributed by atoms with Crippen LogP contribution in [0.1, 0.15) is 76.8 Å². The maximum absolute atomic E-state index is 5.19. The van der Waals surface area contributed by atoms with Crippen molar-refractivity contribution in [3.05, 3.63) is 11.8 Å². The summed E-state index contributed by atoms with van der Waals surface area (Å²) in [5.74, 6) is 2.58. The van der Waals surface area contributed by atoms with Crippen molar-refractivity contribution in [3.8, 4) is 0 Å². The van der Waals surface area contributed by atoms with Crippen LogP contribution in [0.2, 0.25) is 0 Å². The number of nitrogens with zero attached hydrogens (tertiary/aromatic N) is 6. The van der Waals surface area contributed by atoms with E-state index in [0.29, 0.717) is 18.0 Å². The van der Waals surface area contributed by atoms with E-state index in [1.54, 1.807) is 0 Å². The lowest BCUT2D eigenvalue weighted by molar-refractivity contribution is 0.214. The molecule has 0 unspecified atom stereocenters. The third kappa shape index (κ3) is 4.85. The molecule has 6 nitrogen and oxygen atoms in total. The summed E-state index contributed by atoms with van der Waals surface area (Å²) < 4.78 is 0. The van der Waals surface area contributed by atoms with Crippen LogP contribution in [0.5, 0.6) is 0 Å². The molecule has 0 saturated carbocycles. The molecule has 4 aliphatic heterocycles. The van der Waals surface area contributed by atoms with E-state index in [-0.39, 0.29) is 0 Å². The highest BCUT2D eigenvalue weighted by molar-refractivity contribution is 5.47. The molecule has 1 aromatic rings. The number of aromatic nitrogens is 2. The molecule has 4 fully saturated rings. The van der Waals surface area contributed by atoms with Crippen LogP contribution in [0.3, 0.4) is 0 Å². The minimum Gasteiger partial charge on any atom is -0.355 e. The molecule has 0 radical (unpaired) electrons. The molecular formula is C25H42N6. The van der Waals surface area contributed by atoms with Gasteiger partial charge in [0.15, 0.2) is 0 Å². The van der Waals surface area contributed by atoms with Gasteiger partial charge in [-0.1, -0.05) is 13.8 Å². The molecule has 172 valence electrons. The standard InChI is InChI=1S/C25H42N6/c1-20(2)23-17-24(30-15-7-9-21(18-30)28-11-3-4-12-28)27-25(26-23)31-16-8-10-22(19-31)29-13-5-6-14-29/h17,20-22H,3-16,18-19H2,1-2H3/t21-,22+/m1/s1. The van der Waals surface area contributed by atoms with E-state index < -0.39 is 0 Å². The molecule has 6 heteroatoms. The number of anilines is 2. The number of hydrogen-bond donors (Lipinski definition) is 0. The van der Waals surface area contributed by atoms with Crippen molar-refractivity contribution in [3.63, 3.8) is 0 Å². The summed E-state index contributed by atoms with van der Waals surface area (Å²) in [6, 6.07) is 3.66. The average molecular weight is 427 g/mol. The fraction of sp³-hybridized carbons (Fsp3) is 0.840. The van der Waals surface area contributed by atoms with E-state index in [2.05, 4.69) is 39.5 Å². The molecule has 2 atom stereocenters. The quantitative estimate of drug-likeness (QED) is 0.714. The van der Waals surface area contributed by atoms with Gasteiger partial charge in [-0.15, -0.1) is 0 Å². The van der Waals surface area contributed by atoms with Crippen molar-refractivity contribution in [2.24, 2.45) is 0 Å². The molecule has 0 N–H and O–H groups in total. The smallest absolute Gasteiger partial charge is 0.227 e. The molecule has 5 heterocycles. The van der Waals surface area contributed by atoms with Crippen LogP contribution < -0.4 is 9.80 Å². The first-order valence-electron chi connectivity index (χ1n) is 13.0. The van der Waals surface area contributed by atoms with Crippen LogP contribution in [0.15, 0.2) is 6.07 Å². The summed E-state index contributed by atoms with van der Waals surface area (Å²) in [6.45, 7) is 14.1. The molecule has 1 aromatic heterocycles. The lowest BCUT2D eigenvalue weighted by Gasteiger charge is -2.40. The summed E-state index contributed by atoms with van der Waals surface area (Å²) in [7, 11) is 0. The second kappa shape index (κ2) is 9.62. The van der Waals surface area contributed by atoms with Gasteiger partial charge in [0, 0.05) is 44.3 Å². The maximum Gasteiger partial charge on any atom is 0.227 e. The van der Waals surface area contributed by atoms with E-state index in [4.69, 9.17) is 9.97 Å². The second-order valence-electron chi connectivity index (χ2n) is 10.6. The Morgan fingerprint density at radius 2 is 1.26 bits per heavy atom. The van der Waals surface area contributed by atoms with Gasteiger partial charge in [-0.05, 0) is 83.5 Å². The largest absolute Gasteiger partial charge is 0.355 e. The number of likely N-dealkylation sites (tertiary alicyclic amines) is 2. The Morgan fingerprint density at radius 1 is 0.710 bits per heavy atom. The molecule has 31 heavy (non-hydrogen) atoms. The van der Waals surface area contributed by atoms with Gasteiger partial charge in [0.25, 0.3) is 0 Å². The average Bonchev–Trinajstić information content (AvgIpc) is 3.53. The normalized spacial score (nSPS) is 28.7. The first kappa shape index (κ1) is 21.4. The Labute approximate surface area is 189 Å². The zero-order valence-electron chi connectivity index (χ0n) is 19.8. The Balaban J connectivity index is 1.35. The van der Waals surface area contributed by atoms with E-state index in [1.165, 1.54) is 89.1 Å². The number of rotatable bonds is 5. The lowest BCUT2D eigenvalue weighted by atomic mass is 10.0. The van der Waals surface area contributed by atoms with Gasteiger partial charge in [-0.2, -0.15) is 4.98 Å². The zero-order valence-corrected chi connectivity index (χ0v) is 19.8. The Bertz CT molecular complexity index is 670. The number of hydrogen-bond acceptors (Lipinski definition) is 6. The molecular weight excluding hydrogens is 384 g/mol. The van der Waals surface area contributed by atoms with Crippen molar-refractivity contribution in [2.75, 3.05) is 62.2 Å². The Hall–Kier alpha value is -1.40. The van der Waals surface area contributed by atoms with Crippen LogP contribution in [0.4, 0.5) is 11.8 Å². The van der Waals surface area contributed by atoms with E-state index >= 15 is 0 Å². The van der Waals surface area contributed by atoms with Gasteiger partial charge in [0.05, 0.1) is 5.69 Å². The molecule has 0 spiro atoms. The predicted octanol–water partition coefficient (Wildman–Crippen LogP) is 3.73. The van der Waals surface area contributed by atoms with E-state index in [0.717, 1.165) is 32.1 Å². The summed E-state index contributed by atoms with van der Waals surface area (Å²) in [5.41, 5.74) is 1.20. The van der Waals surface area contributed by atoms with Gasteiger partial charge in [0.1, 0.15) is 5.82 Å². The summed E-state index contributed by atoms with van der Waals surface area (Å²) >= 11 is 0. The fourth-order valence-corrected chi connectivity index (χ4v) is 6.15. The highest BCUT2D eigenvalue weighted by Crippen LogP contribution is 2.29. The topological polar surface area (TPSA) is 38.7 Å². The predicted molar refractivity (Wildman–Crippen MR) is 128 cm³/mol. The van der Waals surface area contributed by atoms with E-state index in [9.17, 15) is 0 Å². The highest BCUT2D eigenvalue weighted by Gasteiger charge is 2.31. The third-order valence-corrected chi connectivity index (χ3v) is 8.03. The van der Waals surface area contributed by atoms with Crippen molar-refractivity contribution in [1.29, 1.82) is 0 Å². The van der Waals surface area contributed by atoms with Crippen LogP contribution in [-0.2, 0) is 0 Å². The molecule has 4 aliphatic rings. The highest BCUT2D eigenvalue weighted by atomic mass is 15.3. The third-order valence-electron chi connectivity index (χ3n) is 8.03. The van der Waals surface area contributed by atoms with Gasteiger partial charge >= 0.3 is 0 Å². The summed E-state index contributed by atoms with van der Waals surface area (Å²) in [5, 5.41) is 0. The lowest BCUT2D eigenvalue weighted by Crippen LogP contribution is -2.48. The summed E-state index contributed by atoms with van der Waals surface area (Å²) in [6.07, 6.45) is 10.7. The van der Waals surface area contributed by atoms with Crippen LogP contribution in [-0.4, -0.2) is 84.2 Å². The first-order chi connectivity index (χ1) is 15.2. The fourth-order valence-electron chi connectivity index (χ4n) is 6.15. The number of piperidine rings is 2. The first-order valence-corrected chi connectivity index (χ1v) is 13.0. The van der Waals surface area contributed by atoms with Gasteiger partial charge in [-0.25, -0.2) is 4.98 Å². The monoisotopic (exact) mass is 426 g/mol. The van der Waals surface area contributed by atoms with Gasteiger partial charge < -0.3 is 9.80 Å². The summed E-state index contributed by atoms with van der Waals surface area (Å²) in [4.78, 5) is 20.7. The Kier molecular flexibility index (Phi) is 6.65. The second-order valence-corrected chi connectivity index (χ2v) is 10.6. The van der Waals surface area contributed by atoms with Crippen molar-refractivity contribution >= 4 is 11.8 Å². The SMILES string of the molecule is CC(C)c1cc(N2CCC[C@@H](N3CCCC3)C2)nc(N2CCC[C@H](N3CCCC3)C2)n1. The molecule has 0 bridgehead atoms. The van der Waals surface area contributed by atoms with Crippen molar-refractivity contribution in [1.82, 2.24) is 19.8 Å². The van der Waals surface area contributed by atoms with Crippen LogP contribution in [0.25, 0.3) is 0 Å². The van der Waals surface area contributed by atoms with Crippen molar-refractivity contribution < 1.29 is 0 Å². The molecule has 5 rings (SSSR count). The molecule has 4 saturated heterocycles. The minimum absolute atomic E-state index is 0.429. The molecule has 0 amide bonds. The van der Waals surface area contributed by atoms with E-state index in [1.807, 2.05) is 0 Å². The minimum atomic E-state index is 0.429. The van der Waals surface area contributed by atoms with Crippen LogP contribution in [0, 0.1) is 0 Å². The van der Waals surface area contributed by atoms with Crippen molar-refractivity contribution in [2.45, 2.75) is 83.2 Å². The zero-order chi connectivity index (χ0) is 21.2. The van der Waals surface area contributed by atoms with Gasteiger partial charge in [0.2, 0.25) is 5.95 Å². The van der Waals surface area contributed by atoms with Gasteiger partial charge in [-0.3, -0.25) is 9.80 Å². The molecule has 0 aromatic carbocycles.